The summed E-state index contributed by atoms with van der Waals surface area (Å²) in [4.78, 5) is 33.7. The largest absolute Gasteiger partial charge is 0.332 e. The van der Waals surface area contributed by atoms with Crippen LogP contribution in [0.1, 0.15) is 33.8 Å². The molecule has 1 saturated carbocycles. The van der Waals surface area contributed by atoms with Crippen molar-refractivity contribution in [1.82, 2.24) is 14.9 Å². The first kappa shape index (κ1) is 20.2. The van der Waals surface area contributed by atoms with Gasteiger partial charge in [0.2, 0.25) is 11.9 Å². The van der Waals surface area contributed by atoms with Crippen LogP contribution in [0.25, 0.3) is 0 Å². The van der Waals surface area contributed by atoms with Crippen molar-refractivity contribution in [1.29, 1.82) is 0 Å². The van der Waals surface area contributed by atoms with Gasteiger partial charge < -0.3 is 4.90 Å². The van der Waals surface area contributed by atoms with Gasteiger partial charge >= 0.3 is 0 Å². The van der Waals surface area contributed by atoms with Gasteiger partial charge in [-0.25, -0.2) is 23.1 Å². The molecule has 1 aliphatic carbocycles. The number of aromatic nitrogens is 2. The van der Waals surface area contributed by atoms with Gasteiger partial charge in [-0.1, -0.05) is 0 Å². The molecule has 1 heterocycles. The fourth-order valence-electron chi connectivity index (χ4n) is 2.73. The maximum atomic E-state index is 14.5. The Balaban J connectivity index is 1.75. The molecule has 6 nitrogen and oxygen atoms in total. The van der Waals surface area contributed by atoms with E-state index in [1.54, 1.807) is 6.92 Å². The fraction of sp³-hybridized carbons (Fsp3) is 0.333. The number of nitrogens with zero attached hydrogens (tertiary/aromatic N) is 3. The predicted molar refractivity (Wildman–Crippen MR) is 98.8 cm³/mol. The van der Waals surface area contributed by atoms with Gasteiger partial charge in [0.05, 0.1) is 16.9 Å². The number of hydrogen-bond acceptors (Lipinski definition) is 4. The molecule has 1 aromatic carbocycles. The lowest BCUT2D eigenvalue weighted by atomic mass is 10.0. The van der Waals surface area contributed by atoms with Crippen LogP contribution in [0.4, 0.5) is 19.1 Å². The second-order valence-electron chi connectivity index (χ2n) is 6.63. The van der Waals surface area contributed by atoms with Gasteiger partial charge in [0.25, 0.3) is 11.8 Å². The lowest BCUT2D eigenvalue weighted by Gasteiger charge is -2.19. The quantitative estimate of drug-likeness (QED) is 0.746. The van der Waals surface area contributed by atoms with E-state index >= 15 is 0 Å². The number of benzene rings is 1. The molecule has 28 heavy (non-hydrogen) atoms. The van der Waals surface area contributed by atoms with E-state index in [0.717, 1.165) is 10.5 Å². The number of rotatable bonds is 5. The van der Waals surface area contributed by atoms with Gasteiger partial charge in [-0.15, -0.1) is 0 Å². The molecule has 1 atom stereocenters. The molecule has 1 unspecified atom stereocenters. The maximum Gasteiger partial charge on any atom is 0.256 e. The lowest BCUT2D eigenvalue weighted by Crippen LogP contribution is -2.35. The van der Waals surface area contributed by atoms with Crippen LogP contribution in [0.3, 0.4) is 0 Å². The molecule has 10 heteroatoms. The summed E-state index contributed by atoms with van der Waals surface area (Å²) in [6.07, 6.45) is 2.52. The number of amides is 2. The molecule has 0 radical (unpaired) electrons. The van der Waals surface area contributed by atoms with Crippen LogP contribution in [0.15, 0.2) is 29.0 Å². The van der Waals surface area contributed by atoms with E-state index in [1.165, 1.54) is 31.6 Å². The van der Waals surface area contributed by atoms with Gasteiger partial charge in [-0.2, -0.15) is 0 Å². The van der Waals surface area contributed by atoms with Gasteiger partial charge in [-0.05, 0) is 40.5 Å². The number of nitrogens with one attached hydrogen (secondary N) is 1. The van der Waals surface area contributed by atoms with E-state index in [2.05, 4.69) is 31.2 Å². The molecule has 1 fully saturated rings. The summed E-state index contributed by atoms with van der Waals surface area (Å²) in [6, 6.07) is 2.55. The van der Waals surface area contributed by atoms with E-state index in [9.17, 15) is 22.8 Å². The molecule has 148 valence electrons. The summed E-state index contributed by atoms with van der Waals surface area (Å²) in [5.74, 6) is -6.52. The standard InChI is InChI=1S/C18H16BrF3N4O2/c1-9-6-23-17(24-7-9)25-13(27)8-26(2)16(28)10-3-4-12(19)15(20)14(10)11-5-18(11,21)22/h3-4,6-7,11H,5,8H2,1-2H3,(H,23,24,25,27). The van der Waals surface area contributed by atoms with E-state index in [4.69, 9.17) is 0 Å². The first-order chi connectivity index (χ1) is 13.1. The minimum absolute atomic E-state index is 0.00124. The van der Waals surface area contributed by atoms with Gasteiger partial charge in [0.1, 0.15) is 5.82 Å². The highest BCUT2D eigenvalue weighted by atomic mass is 79.9. The van der Waals surface area contributed by atoms with Crippen molar-refractivity contribution in [3.05, 3.63) is 51.5 Å². The number of alkyl halides is 2. The molecule has 0 spiro atoms. The number of carbonyl (C=O) groups is 2. The Hall–Kier alpha value is -2.49. The van der Waals surface area contributed by atoms with Crippen LogP contribution in [-0.4, -0.2) is 46.2 Å². The topological polar surface area (TPSA) is 75.2 Å². The Morgan fingerprint density at radius 1 is 1.32 bits per heavy atom. The number of halogens is 4. The summed E-state index contributed by atoms with van der Waals surface area (Å²) in [6.45, 7) is 1.41. The summed E-state index contributed by atoms with van der Waals surface area (Å²) >= 11 is 2.96. The SMILES string of the molecule is Cc1cnc(NC(=O)CN(C)C(=O)c2ccc(Br)c(F)c2C2CC2(F)F)nc1. The van der Waals surface area contributed by atoms with E-state index in [-0.39, 0.29) is 28.1 Å². The summed E-state index contributed by atoms with van der Waals surface area (Å²) in [7, 11) is 1.33. The minimum atomic E-state index is -3.05. The van der Waals surface area contributed by atoms with Crippen molar-refractivity contribution in [3.63, 3.8) is 0 Å². The number of anilines is 1. The van der Waals surface area contributed by atoms with Crippen molar-refractivity contribution < 1.29 is 22.8 Å². The highest BCUT2D eigenvalue weighted by Crippen LogP contribution is 2.57. The lowest BCUT2D eigenvalue weighted by molar-refractivity contribution is -0.116. The minimum Gasteiger partial charge on any atom is -0.332 e. The maximum absolute atomic E-state index is 14.5. The molecule has 2 aromatic rings. The highest BCUT2D eigenvalue weighted by Gasteiger charge is 2.59. The molecule has 2 amide bonds. The number of carbonyl (C=O) groups excluding carboxylic acids is 2. The van der Waals surface area contributed by atoms with Crippen LogP contribution in [0.2, 0.25) is 0 Å². The molecular formula is C18H16BrF3N4O2. The summed E-state index contributed by atoms with van der Waals surface area (Å²) in [5.41, 5.74) is 0.287. The Kier molecular flexibility index (Phi) is 5.42. The van der Waals surface area contributed by atoms with Crippen molar-refractivity contribution in [2.24, 2.45) is 0 Å². The third-order valence-electron chi connectivity index (χ3n) is 4.30. The van der Waals surface area contributed by atoms with E-state index < -0.39 is 35.9 Å². The first-order valence-electron chi connectivity index (χ1n) is 8.30. The zero-order chi connectivity index (χ0) is 20.6. The van der Waals surface area contributed by atoms with Gasteiger partial charge in [0, 0.05) is 37.0 Å². The van der Waals surface area contributed by atoms with Gasteiger partial charge in [-0.3, -0.25) is 14.9 Å². The number of aryl methyl sites for hydroxylation is 1. The Bertz CT molecular complexity index is 937. The van der Waals surface area contributed by atoms with Crippen LogP contribution in [0.5, 0.6) is 0 Å². The third-order valence-corrected chi connectivity index (χ3v) is 4.91. The molecule has 1 aliphatic rings. The Morgan fingerprint density at radius 2 is 1.93 bits per heavy atom. The zero-order valence-corrected chi connectivity index (χ0v) is 16.6. The average molecular weight is 457 g/mol. The molecule has 1 N–H and O–H groups in total. The second-order valence-corrected chi connectivity index (χ2v) is 7.49. The third kappa shape index (κ3) is 4.16. The van der Waals surface area contributed by atoms with Crippen molar-refractivity contribution in [3.8, 4) is 0 Å². The van der Waals surface area contributed by atoms with Gasteiger partial charge in [0.15, 0.2) is 0 Å². The second kappa shape index (κ2) is 7.50. The van der Waals surface area contributed by atoms with Crippen LogP contribution >= 0.6 is 15.9 Å². The fourth-order valence-corrected chi connectivity index (χ4v) is 3.08. The van der Waals surface area contributed by atoms with Crippen LogP contribution in [-0.2, 0) is 4.79 Å². The Labute approximate surface area is 167 Å². The number of likely N-dealkylation sites (N-methyl/N-ethyl adjacent to an activating group) is 1. The predicted octanol–water partition coefficient (Wildman–Crippen LogP) is 3.52. The van der Waals surface area contributed by atoms with E-state index in [0.29, 0.717) is 0 Å². The summed E-state index contributed by atoms with van der Waals surface area (Å²) in [5, 5.41) is 2.43. The molecular weight excluding hydrogens is 441 g/mol. The zero-order valence-electron chi connectivity index (χ0n) is 15.0. The molecule has 1 aromatic heterocycles. The summed E-state index contributed by atoms with van der Waals surface area (Å²) < 4.78 is 41.5. The Morgan fingerprint density at radius 3 is 2.50 bits per heavy atom. The van der Waals surface area contributed by atoms with Crippen LogP contribution < -0.4 is 5.32 Å². The molecule has 0 bridgehead atoms. The molecule has 3 rings (SSSR count). The van der Waals surface area contributed by atoms with Crippen molar-refractivity contribution >= 4 is 33.7 Å². The molecule has 0 saturated heterocycles. The van der Waals surface area contributed by atoms with Crippen LogP contribution in [0, 0.1) is 12.7 Å². The number of hydrogen-bond donors (Lipinski definition) is 1. The first-order valence-corrected chi connectivity index (χ1v) is 9.09. The highest BCUT2D eigenvalue weighted by molar-refractivity contribution is 9.10. The average Bonchev–Trinajstić information content (AvgIpc) is 3.26. The van der Waals surface area contributed by atoms with Crippen molar-refractivity contribution in [2.45, 2.75) is 25.2 Å². The monoisotopic (exact) mass is 456 g/mol. The molecule has 0 aliphatic heterocycles. The smallest absolute Gasteiger partial charge is 0.256 e. The van der Waals surface area contributed by atoms with Crippen molar-refractivity contribution in [2.75, 3.05) is 18.9 Å². The normalized spacial score (nSPS) is 17.1. The van der Waals surface area contributed by atoms with E-state index in [1.807, 2.05) is 0 Å².